The molecule has 6 rings (SSSR count). The first-order chi connectivity index (χ1) is 19.7. The van der Waals surface area contributed by atoms with Crippen LogP contribution < -0.4 is 5.32 Å². The minimum atomic E-state index is -3.44. The number of anilines is 1. The number of Topliss-reactive ketones (excluding diaryl/α,β-unsaturated/α-hetero) is 1. The van der Waals surface area contributed by atoms with Gasteiger partial charge in [0.1, 0.15) is 18.0 Å². The van der Waals surface area contributed by atoms with Crippen LogP contribution in [0.4, 0.5) is 10.1 Å². The van der Waals surface area contributed by atoms with Gasteiger partial charge < -0.3 is 10.2 Å². The number of nitrogens with zero attached hydrogens (tertiary/aromatic N) is 2. The van der Waals surface area contributed by atoms with Crippen LogP contribution >= 0.6 is 0 Å². The third kappa shape index (κ3) is 5.27. The summed E-state index contributed by atoms with van der Waals surface area (Å²) in [6.07, 6.45) is 5.07. The maximum absolute atomic E-state index is 14.8. The first kappa shape index (κ1) is 27.6. The van der Waals surface area contributed by atoms with Gasteiger partial charge in [-0.15, -0.1) is 0 Å². The molecule has 2 heterocycles. The second-order valence-electron chi connectivity index (χ2n) is 11.6. The molecule has 3 aliphatic rings. The lowest BCUT2D eigenvalue weighted by molar-refractivity contribution is -0.143. The smallest absolute Gasteiger partial charge is 0.247 e. The van der Waals surface area contributed by atoms with E-state index in [0.717, 1.165) is 30.2 Å². The third-order valence-corrected chi connectivity index (χ3v) is 10.9. The number of carbonyl (C=O) groups is 3. The van der Waals surface area contributed by atoms with Crippen molar-refractivity contribution in [1.29, 1.82) is 0 Å². The fourth-order valence-electron chi connectivity index (χ4n) is 6.39. The molecule has 1 saturated heterocycles. The van der Waals surface area contributed by atoms with Crippen molar-refractivity contribution in [3.63, 3.8) is 0 Å². The van der Waals surface area contributed by atoms with Crippen LogP contribution in [0.25, 0.3) is 10.9 Å². The average Bonchev–Trinajstić information content (AvgIpc) is 3.61. The SMILES string of the molecule is O=C(CS(=O)(=O)C1CC1)c1ccc(C2(C(=O)N3C[C@H](F)C[C@@H]3C(=O)Nc3cccc4[nH]ncc34)CCCCC2)cc1. The summed E-state index contributed by atoms with van der Waals surface area (Å²) in [6.45, 7) is -0.163. The number of hydrogen-bond donors (Lipinski definition) is 2. The molecule has 0 spiro atoms. The Hall–Kier alpha value is -3.60. The Labute approximate surface area is 237 Å². The van der Waals surface area contributed by atoms with Crippen molar-refractivity contribution in [2.45, 2.75) is 74.2 Å². The molecule has 2 aliphatic carbocycles. The maximum atomic E-state index is 14.8. The van der Waals surface area contributed by atoms with Crippen molar-refractivity contribution in [3.8, 4) is 0 Å². The predicted octanol–water partition coefficient (Wildman–Crippen LogP) is 4.10. The number of amides is 2. The van der Waals surface area contributed by atoms with Gasteiger partial charge in [-0.2, -0.15) is 5.10 Å². The van der Waals surface area contributed by atoms with Crippen molar-refractivity contribution < 1.29 is 27.2 Å². The number of sulfone groups is 1. The van der Waals surface area contributed by atoms with Crippen LogP contribution in [0.5, 0.6) is 0 Å². The van der Waals surface area contributed by atoms with Gasteiger partial charge in [0.25, 0.3) is 0 Å². The minimum Gasteiger partial charge on any atom is -0.327 e. The van der Waals surface area contributed by atoms with Crippen LogP contribution in [0.1, 0.15) is 67.3 Å². The molecule has 3 aromatic rings. The van der Waals surface area contributed by atoms with Gasteiger partial charge in [-0.3, -0.25) is 19.5 Å². The fraction of sp³-hybridized carbons (Fsp3) is 0.467. The van der Waals surface area contributed by atoms with E-state index in [-0.39, 0.29) is 24.4 Å². The number of rotatable bonds is 8. The number of halogens is 1. The standard InChI is InChI=1S/C30H33FN4O5S/c31-21-15-26(28(37)33-24-5-4-6-25-23(24)16-32-34-25)35(17-21)29(38)30(13-2-1-3-14-30)20-9-7-19(8-10-20)27(36)18-41(39,40)22-11-12-22/h4-10,16,21-22,26H,1-3,11-15,17-18H2,(H,32,34)(H,33,37)/t21-,26-/m1/s1. The van der Waals surface area contributed by atoms with E-state index in [2.05, 4.69) is 15.5 Å². The zero-order valence-corrected chi connectivity index (χ0v) is 23.5. The fourth-order valence-corrected chi connectivity index (χ4v) is 8.02. The molecule has 2 N–H and O–H groups in total. The molecule has 1 aromatic heterocycles. The number of likely N-dealkylation sites (tertiary alicyclic amines) is 1. The van der Waals surface area contributed by atoms with E-state index in [9.17, 15) is 27.2 Å². The Balaban J connectivity index is 1.25. The van der Waals surface area contributed by atoms with Crippen LogP contribution in [-0.2, 0) is 24.8 Å². The molecule has 41 heavy (non-hydrogen) atoms. The number of hydrogen-bond acceptors (Lipinski definition) is 6. The highest BCUT2D eigenvalue weighted by atomic mass is 32.2. The largest absolute Gasteiger partial charge is 0.327 e. The number of ketones is 1. The van der Waals surface area contributed by atoms with E-state index in [1.165, 1.54) is 4.90 Å². The van der Waals surface area contributed by atoms with Crippen molar-refractivity contribution >= 4 is 44.0 Å². The summed E-state index contributed by atoms with van der Waals surface area (Å²) >= 11 is 0. The monoisotopic (exact) mass is 580 g/mol. The van der Waals surface area contributed by atoms with Crippen molar-refractivity contribution in [2.75, 3.05) is 17.6 Å². The highest BCUT2D eigenvalue weighted by molar-refractivity contribution is 7.93. The van der Waals surface area contributed by atoms with Crippen LogP contribution in [0.2, 0.25) is 0 Å². The highest BCUT2D eigenvalue weighted by Gasteiger charge is 2.49. The molecule has 2 aromatic carbocycles. The van der Waals surface area contributed by atoms with E-state index in [1.807, 2.05) is 6.07 Å². The van der Waals surface area contributed by atoms with Crippen LogP contribution in [0.3, 0.4) is 0 Å². The molecule has 0 radical (unpaired) electrons. The van der Waals surface area contributed by atoms with Gasteiger partial charge in [0.15, 0.2) is 15.6 Å². The maximum Gasteiger partial charge on any atom is 0.247 e. The summed E-state index contributed by atoms with van der Waals surface area (Å²) in [5.74, 6) is -1.71. The lowest BCUT2D eigenvalue weighted by atomic mass is 9.68. The molecule has 1 aliphatic heterocycles. The topological polar surface area (TPSA) is 129 Å². The Bertz CT molecular complexity index is 1590. The summed E-state index contributed by atoms with van der Waals surface area (Å²) in [5.41, 5.74) is 1.32. The van der Waals surface area contributed by atoms with Crippen molar-refractivity contribution in [2.24, 2.45) is 0 Å². The lowest BCUT2D eigenvalue weighted by Crippen LogP contribution is -2.52. The van der Waals surface area contributed by atoms with Crippen molar-refractivity contribution in [1.82, 2.24) is 15.1 Å². The Morgan fingerprint density at radius 3 is 2.49 bits per heavy atom. The molecule has 9 nitrogen and oxygen atoms in total. The molecule has 216 valence electrons. The van der Waals surface area contributed by atoms with Gasteiger partial charge >= 0.3 is 0 Å². The zero-order valence-electron chi connectivity index (χ0n) is 22.6. The molecule has 0 bridgehead atoms. The predicted molar refractivity (Wildman–Crippen MR) is 152 cm³/mol. The summed E-state index contributed by atoms with van der Waals surface area (Å²) in [7, 11) is -3.44. The first-order valence-electron chi connectivity index (χ1n) is 14.2. The van der Waals surface area contributed by atoms with Crippen LogP contribution in [-0.4, -0.2) is 70.9 Å². The Kier molecular flexibility index (Phi) is 7.17. The second-order valence-corrected chi connectivity index (χ2v) is 13.9. The van der Waals surface area contributed by atoms with Crippen LogP contribution in [0.15, 0.2) is 48.7 Å². The normalized spacial score (nSPS) is 22.5. The summed E-state index contributed by atoms with van der Waals surface area (Å²) in [4.78, 5) is 41.9. The minimum absolute atomic E-state index is 0.0854. The van der Waals surface area contributed by atoms with Gasteiger partial charge in [-0.25, -0.2) is 12.8 Å². The van der Waals surface area contributed by atoms with E-state index < -0.39 is 50.2 Å². The number of nitrogens with one attached hydrogen (secondary N) is 2. The van der Waals surface area contributed by atoms with Gasteiger partial charge in [0.05, 0.1) is 34.6 Å². The number of fused-ring (bicyclic) bond motifs is 1. The Morgan fingerprint density at radius 2 is 1.78 bits per heavy atom. The number of benzene rings is 2. The van der Waals surface area contributed by atoms with E-state index >= 15 is 0 Å². The number of carbonyl (C=O) groups excluding carboxylic acids is 3. The van der Waals surface area contributed by atoms with E-state index in [4.69, 9.17) is 0 Å². The summed E-state index contributed by atoms with van der Waals surface area (Å²) < 4.78 is 39.5. The number of alkyl halides is 1. The third-order valence-electron chi connectivity index (χ3n) is 8.80. The van der Waals surface area contributed by atoms with Crippen LogP contribution in [0, 0.1) is 0 Å². The second kappa shape index (κ2) is 10.7. The molecule has 2 saturated carbocycles. The number of H-pyrrole nitrogens is 1. The van der Waals surface area contributed by atoms with Gasteiger partial charge in [-0.05, 0) is 43.4 Å². The number of aromatic amines is 1. The molecule has 2 atom stereocenters. The quantitative estimate of drug-likeness (QED) is 0.386. The van der Waals surface area contributed by atoms with Gasteiger partial charge in [0, 0.05) is 17.4 Å². The van der Waals surface area contributed by atoms with Gasteiger partial charge in [0.2, 0.25) is 11.8 Å². The summed E-state index contributed by atoms with van der Waals surface area (Å²) in [5, 5.41) is 10.1. The lowest BCUT2D eigenvalue weighted by Gasteiger charge is -2.40. The van der Waals surface area contributed by atoms with Crippen molar-refractivity contribution in [3.05, 3.63) is 59.8 Å². The van der Waals surface area contributed by atoms with E-state index in [1.54, 1.807) is 42.6 Å². The molecule has 2 amide bonds. The van der Waals surface area contributed by atoms with Gasteiger partial charge in [-0.1, -0.05) is 49.6 Å². The molecule has 0 unspecified atom stereocenters. The van der Waals surface area contributed by atoms with E-state index in [0.29, 0.717) is 36.9 Å². The molecular formula is C30H33FN4O5S. The number of aromatic nitrogens is 2. The molecule has 11 heteroatoms. The average molecular weight is 581 g/mol. The molecular weight excluding hydrogens is 547 g/mol. The molecule has 3 fully saturated rings. The Morgan fingerprint density at radius 1 is 1.05 bits per heavy atom. The first-order valence-corrected chi connectivity index (χ1v) is 15.9. The highest BCUT2D eigenvalue weighted by Crippen LogP contribution is 2.43. The zero-order chi connectivity index (χ0) is 28.8. The summed E-state index contributed by atoms with van der Waals surface area (Å²) in [6, 6.07) is 11.0.